The number of aromatic nitrogens is 1. The molecule has 1 fully saturated rings. The van der Waals surface area contributed by atoms with Gasteiger partial charge >= 0.3 is 0 Å². The molecule has 1 aliphatic heterocycles. The third kappa shape index (κ3) is 3.61. The van der Waals surface area contributed by atoms with Crippen LogP contribution in [0.25, 0.3) is 5.76 Å². The van der Waals surface area contributed by atoms with Crippen molar-refractivity contribution < 1.29 is 19.6 Å². The van der Waals surface area contributed by atoms with Crippen molar-refractivity contribution in [3.8, 4) is 0 Å². The summed E-state index contributed by atoms with van der Waals surface area (Å²) in [5.74, 6) is -2.32. The summed E-state index contributed by atoms with van der Waals surface area (Å²) in [6.45, 7) is 1.80. The first-order valence-corrected chi connectivity index (χ1v) is 9.90. The topological polar surface area (TPSA) is 114 Å². The van der Waals surface area contributed by atoms with Crippen molar-refractivity contribution in [3.63, 3.8) is 0 Å². The minimum Gasteiger partial charge on any atom is -0.507 e. The zero-order chi connectivity index (χ0) is 23.0. The second-order valence-electron chi connectivity index (χ2n) is 7.16. The number of Topliss-reactive ketones (excluding diaryl/α,β-unsaturated/α-hetero) is 1. The maximum atomic E-state index is 13.1. The van der Waals surface area contributed by atoms with Gasteiger partial charge in [0.25, 0.3) is 17.4 Å². The molecule has 1 unspecified atom stereocenters. The van der Waals surface area contributed by atoms with Crippen molar-refractivity contribution in [1.29, 1.82) is 0 Å². The summed E-state index contributed by atoms with van der Waals surface area (Å²) in [7, 11) is 0. The fraction of sp³-hybridized carbons (Fsp3) is 0.0870. The van der Waals surface area contributed by atoms with E-state index in [0.717, 1.165) is 11.6 Å². The van der Waals surface area contributed by atoms with Crippen LogP contribution in [-0.2, 0) is 9.59 Å². The van der Waals surface area contributed by atoms with Gasteiger partial charge in [0.05, 0.1) is 16.2 Å². The first-order chi connectivity index (χ1) is 15.3. The number of carbonyl (C=O) groups excluding carboxylic acids is 2. The highest BCUT2D eigenvalue weighted by atomic mass is 35.5. The highest BCUT2D eigenvalue weighted by Crippen LogP contribution is 2.42. The maximum Gasteiger partial charge on any atom is 0.300 e. The number of nitro groups is 1. The van der Waals surface area contributed by atoms with Crippen LogP contribution in [0.15, 0.2) is 72.4 Å². The minimum atomic E-state index is -1.05. The average molecular weight is 450 g/mol. The van der Waals surface area contributed by atoms with Gasteiger partial charge in [0.15, 0.2) is 0 Å². The van der Waals surface area contributed by atoms with Crippen molar-refractivity contribution in [1.82, 2.24) is 4.98 Å². The van der Waals surface area contributed by atoms with Gasteiger partial charge in [0, 0.05) is 34.6 Å². The predicted molar refractivity (Wildman–Crippen MR) is 118 cm³/mol. The van der Waals surface area contributed by atoms with Gasteiger partial charge in [0.1, 0.15) is 11.8 Å². The van der Waals surface area contributed by atoms with E-state index in [1.54, 1.807) is 43.3 Å². The molecule has 1 amide bonds. The van der Waals surface area contributed by atoms with Gasteiger partial charge in [-0.05, 0) is 36.8 Å². The molecule has 160 valence electrons. The standard InChI is InChI=1S/C23H16ClN3O5/c1-13-8-9-15(12-17(13)24)26-20(18-7-2-3-10-25-18)19(22(29)23(26)30)21(28)14-5-4-6-16(11-14)27(31)32/h2-12,20,28H,1H3/b21-19+. The van der Waals surface area contributed by atoms with Crippen molar-refractivity contribution in [2.75, 3.05) is 4.90 Å². The largest absolute Gasteiger partial charge is 0.507 e. The Morgan fingerprint density at radius 3 is 2.56 bits per heavy atom. The van der Waals surface area contributed by atoms with Gasteiger partial charge in [-0.2, -0.15) is 0 Å². The van der Waals surface area contributed by atoms with Gasteiger partial charge in [-0.1, -0.05) is 35.9 Å². The number of ketones is 1. The van der Waals surface area contributed by atoms with E-state index in [0.29, 0.717) is 16.4 Å². The maximum absolute atomic E-state index is 13.1. The first kappa shape index (κ1) is 21.2. The average Bonchev–Trinajstić information content (AvgIpc) is 3.06. The number of nitrogens with zero attached hydrogens (tertiary/aromatic N) is 3. The fourth-order valence-corrected chi connectivity index (χ4v) is 3.75. The Bertz CT molecular complexity index is 1290. The molecule has 32 heavy (non-hydrogen) atoms. The summed E-state index contributed by atoms with van der Waals surface area (Å²) < 4.78 is 0. The molecule has 2 heterocycles. The molecule has 2 aromatic carbocycles. The normalized spacial score (nSPS) is 17.6. The summed E-state index contributed by atoms with van der Waals surface area (Å²) in [6, 6.07) is 14.1. The second kappa shape index (κ2) is 8.24. The van der Waals surface area contributed by atoms with Gasteiger partial charge in [0.2, 0.25) is 0 Å². The van der Waals surface area contributed by atoms with Crippen molar-refractivity contribution >= 4 is 40.4 Å². The third-order valence-corrected chi connectivity index (χ3v) is 5.58. The van der Waals surface area contributed by atoms with Crippen molar-refractivity contribution in [2.24, 2.45) is 0 Å². The summed E-state index contributed by atoms with van der Waals surface area (Å²) in [6.07, 6.45) is 1.50. The molecule has 8 nitrogen and oxygen atoms in total. The number of anilines is 1. The van der Waals surface area contributed by atoms with Gasteiger partial charge in [-0.3, -0.25) is 29.6 Å². The van der Waals surface area contributed by atoms with E-state index in [2.05, 4.69) is 4.98 Å². The van der Waals surface area contributed by atoms with Crippen LogP contribution < -0.4 is 4.90 Å². The zero-order valence-corrected chi connectivity index (χ0v) is 17.5. The zero-order valence-electron chi connectivity index (χ0n) is 16.7. The number of halogens is 1. The Labute approximate surface area is 187 Å². The van der Waals surface area contributed by atoms with Crippen LogP contribution in [0, 0.1) is 17.0 Å². The highest BCUT2D eigenvalue weighted by molar-refractivity contribution is 6.51. The van der Waals surface area contributed by atoms with E-state index in [1.165, 1.54) is 29.3 Å². The van der Waals surface area contributed by atoms with Crippen LogP contribution in [0.2, 0.25) is 5.02 Å². The van der Waals surface area contributed by atoms with Crippen LogP contribution >= 0.6 is 11.6 Å². The Hall–Kier alpha value is -4.04. The van der Waals surface area contributed by atoms with E-state index < -0.39 is 28.4 Å². The van der Waals surface area contributed by atoms with Crippen LogP contribution in [0.5, 0.6) is 0 Å². The predicted octanol–water partition coefficient (Wildman–Crippen LogP) is 4.58. The molecule has 4 rings (SSSR count). The molecular weight excluding hydrogens is 434 g/mol. The van der Waals surface area contributed by atoms with E-state index in [9.17, 15) is 24.8 Å². The van der Waals surface area contributed by atoms with Crippen LogP contribution in [0.1, 0.15) is 22.9 Å². The molecule has 1 N–H and O–H groups in total. The lowest BCUT2D eigenvalue weighted by atomic mass is 9.98. The number of amides is 1. The number of non-ortho nitro benzene ring substituents is 1. The molecule has 0 spiro atoms. The number of aryl methyl sites for hydroxylation is 1. The molecule has 0 saturated carbocycles. The number of benzene rings is 2. The van der Waals surface area contributed by atoms with Crippen LogP contribution in [0.4, 0.5) is 11.4 Å². The molecule has 1 aromatic heterocycles. The first-order valence-electron chi connectivity index (χ1n) is 9.52. The lowest BCUT2D eigenvalue weighted by molar-refractivity contribution is -0.384. The Balaban J connectivity index is 1.95. The lowest BCUT2D eigenvalue weighted by Crippen LogP contribution is -2.29. The molecule has 0 bridgehead atoms. The number of aliphatic hydroxyl groups excluding tert-OH is 1. The lowest BCUT2D eigenvalue weighted by Gasteiger charge is -2.25. The molecule has 1 atom stereocenters. The van der Waals surface area contributed by atoms with Gasteiger partial charge < -0.3 is 5.11 Å². The third-order valence-electron chi connectivity index (χ3n) is 5.18. The fourth-order valence-electron chi connectivity index (χ4n) is 3.57. The van der Waals surface area contributed by atoms with Crippen LogP contribution in [-0.4, -0.2) is 26.7 Å². The Kier molecular flexibility index (Phi) is 5.46. The molecule has 3 aromatic rings. The smallest absolute Gasteiger partial charge is 0.300 e. The monoisotopic (exact) mass is 449 g/mol. The highest BCUT2D eigenvalue weighted by Gasteiger charge is 2.47. The summed E-state index contributed by atoms with van der Waals surface area (Å²) in [4.78, 5) is 42.2. The van der Waals surface area contributed by atoms with Gasteiger partial charge in [-0.25, -0.2) is 0 Å². The molecule has 1 aliphatic rings. The van der Waals surface area contributed by atoms with Crippen LogP contribution in [0.3, 0.4) is 0 Å². The van der Waals surface area contributed by atoms with E-state index in [1.807, 2.05) is 0 Å². The number of hydrogen-bond donors (Lipinski definition) is 1. The Morgan fingerprint density at radius 2 is 1.91 bits per heavy atom. The molecule has 0 radical (unpaired) electrons. The number of pyridine rings is 1. The molecule has 9 heteroatoms. The number of rotatable bonds is 4. The van der Waals surface area contributed by atoms with Crippen molar-refractivity contribution in [2.45, 2.75) is 13.0 Å². The second-order valence-corrected chi connectivity index (χ2v) is 7.57. The Morgan fingerprint density at radius 1 is 1.12 bits per heavy atom. The van der Waals surface area contributed by atoms with E-state index in [4.69, 9.17) is 11.6 Å². The number of nitro benzene ring substituents is 1. The SMILES string of the molecule is Cc1ccc(N2C(=O)C(=O)/C(=C(/O)c3cccc([N+](=O)[O-])c3)C2c2ccccn2)cc1Cl. The molecular formula is C23H16ClN3O5. The summed E-state index contributed by atoms with van der Waals surface area (Å²) in [5, 5.41) is 22.6. The minimum absolute atomic E-state index is 0.0417. The summed E-state index contributed by atoms with van der Waals surface area (Å²) in [5.41, 5.74) is 1.05. The van der Waals surface area contributed by atoms with E-state index >= 15 is 0 Å². The number of carbonyl (C=O) groups is 2. The molecule has 0 aliphatic carbocycles. The van der Waals surface area contributed by atoms with Crippen molar-refractivity contribution in [3.05, 3.63) is 104 Å². The number of hydrogen-bond acceptors (Lipinski definition) is 6. The molecule has 1 saturated heterocycles. The summed E-state index contributed by atoms with van der Waals surface area (Å²) >= 11 is 6.25. The van der Waals surface area contributed by atoms with E-state index in [-0.39, 0.29) is 16.8 Å². The quantitative estimate of drug-likeness (QED) is 0.205. The number of aliphatic hydroxyl groups is 1. The van der Waals surface area contributed by atoms with Gasteiger partial charge in [-0.15, -0.1) is 0 Å².